The summed E-state index contributed by atoms with van der Waals surface area (Å²) < 4.78 is 6.00. The van der Waals surface area contributed by atoms with Crippen molar-refractivity contribution in [2.75, 3.05) is 11.9 Å². The third-order valence-corrected chi connectivity index (χ3v) is 3.15. The maximum Gasteiger partial charge on any atom is 0.296 e. The number of hydrogen-bond acceptors (Lipinski definition) is 5. The molecular formula is C14H14BrN3O3. The second-order valence-electron chi connectivity index (χ2n) is 4.17. The van der Waals surface area contributed by atoms with Crippen molar-refractivity contribution in [3.8, 4) is 5.75 Å². The summed E-state index contributed by atoms with van der Waals surface area (Å²) in [5.41, 5.74) is 1.20. The zero-order valence-corrected chi connectivity index (χ0v) is 13.0. The minimum Gasteiger partial charge on any atom is -0.494 e. The lowest BCUT2D eigenvalue weighted by Crippen LogP contribution is -2.04. The van der Waals surface area contributed by atoms with Crippen LogP contribution >= 0.6 is 15.9 Å². The fourth-order valence-corrected chi connectivity index (χ4v) is 2.18. The van der Waals surface area contributed by atoms with Crippen LogP contribution in [0.15, 0.2) is 41.0 Å². The molecule has 6 nitrogen and oxygen atoms in total. The first-order chi connectivity index (χ1) is 10.1. The van der Waals surface area contributed by atoms with Gasteiger partial charge in [0.2, 0.25) is 0 Å². The predicted molar refractivity (Wildman–Crippen MR) is 83.5 cm³/mol. The molecule has 0 aliphatic rings. The lowest BCUT2D eigenvalue weighted by atomic mass is 10.2. The van der Waals surface area contributed by atoms with Crippen LogP contribution in [0.4, 0.5) is 11.4 Å². The van der Waals surface area contributed by atoms with E-state index < -0.39 is 4.92 Å². The van der Waals surface area contributed by atoms with E-state index in [1.807, 2.05) is 25.1 Å². The first-order valence-electron chi connectivity index (χ1n) is 6.36. The van der Waals surface area contributed by atoms with Crippen LogP contribution in [0.3, 0.4) is 0 Å². The highest BCUT2D eigenvalue weighted by atomic mass is 79.9. The highest BCUT2D eigenvalue weighted by molar-refractivity contribution is 9.10. The molecule has 2 rings (SSSR count). The number of rotatable bonds is 6. The molecule has 0 spiro atoms. The van der Waals surface area contributed by atoms with Gasteiger partial charge in [-0.3, -0.25) is 10.1 Å². The third-order valence-electron chi connectivity index (χ3n) is 2.71. The van der Waals surface area contributed by atoms with Gasteiger partial charge in [0.15, 0.2) is 0 Å². The van der Waals surface area contributed by atoms with E-state index in [0.29, 0.717) is 24.6 Å². The Kier molecular flexibility index (Phi) is 5.10. The van der Waals surface area contributed by atoms with Gasteiger partial charge in [-0.1, -0.05) is 6.07 Å². The van der Waals surface area contributed by atoms with Gasteiger partial charge in [-0.25, -0.2) is 4.98 Å². The van der Waals surface area contributed by atoms with Crippen molar-refractivity contribution in [2.45, 2.75) is 13.5 Å². The summed E-state index contributed by atoms with van der Waals surface area (Å²) in [5, 5.41) is 14.2. The second kappa shape index (κ2) is 7.03. The smallest absolute Gasteiger partial charge is 0.296 e. The van der Waals surface area contributed by atoms with Crippen LogP contribution in [0.2, 0.25) is 0 Å². The summed E-state index contributed by atoms with van der Waals surface area (Å²) in [6.45, 7) is 2.69. The summed E-state index contributed by atoms with van der Waals surface area (Å²) in [4.78, 5) is 15.0. The van der Waals surface area contributed by atoms with Crippen molar-refractivity contribution in [3.05, 3.63) is 56.8 Å². The average molecular weight is 352 g/mol. The van der Waals surface area contributed by atoms with Crippen molar-refractivity contribution >= 4 is 27.3 Å². The van der Waals surface area contributed by atoms with E-state index in [0.717, 1.165) is 10.3 Å². The molecule has 0 aliphatic carbocycles. The van der Waals surface area contributed by atoms with Gasteiger partial charge in [0.1, 0.15) is 16.0 Å². The molecule has 0 unspecified atom stereocenters. The van der Waals surface area contributed by atoms with Crippen LogP contribution in [0.25, 0.3) is 0 Å². The van der Waals surface area contributed by atoms with Gasteiger partial charge in [-0.05, 0) is 47.1 Å². The van der Waals surface area contributed by atoms with E-state index in [2.05, 4.69) is 26.2 Å². The molecule has 0 bridgehead atoms. The van der Waals surface area contributed by atoms with Gasteiger partial charge in [-0.15, -0.1) is 0 Å². The fourth-order valence-electron chi connectivity index (χ4n) is 1.80. The molecule has 0 atom stereocenters. The number of nitrogens with zero attached hydrogens (tertiary/aromatic N) is 2. The van der Waals surface area contributed by atoms with Crippen LogP contribution in [-0.4, -0.2) is 16.5 Å². The lowest BCUT2D eigenvalue weighted by molar-refractivity contribution is -0.384. The number of pyridine rings is 1. The zero-order chi connectivity index (χ0) is 15.2. The maximum absolute atomic E-state index is 11.1. The zero-order valence-electron chi connectivity index (χ0n) is 11.4. The van der Waals surface area contributed by atoms with Gasteiger partial charge in [0, 0.05) is 0 Å². The van der Waals surface area contributed by atoms with Crippen LogP contribution in [0.1, 0.15) is 12.6 Å². The topological polar surface area (TPSA) is 77.3 Å². The number of anilines is 1. The lowest BCUT2D eigenvalue weighted by Gasteiger charge is -2.09. The normalized spacial score (nSPS) is 10.2. The number of ether oxygens (including phenoxy) is 1. The van der Waals surface area contributed by atoms with Gasteiger partial charge in [-0.2, -0.15) is 0 Å². The number of nitro groups is 1. The minimum atomic E-state index is -0.431. The molecule has 1 N–H and O–H groups in total. The van der Waals surface area contributed by atoms with Gasteiger partial charge in [0.25, 0.3) is 5.69 Å². The SMILES string of the molecule is CCOc1ccc(NCc2cccc(Br)n2)c([N+](=O)[O-])c1. The summed E-state index contributed by atoms with van der Waals surface area (Å²) in [7, 11) is 0. The second-order valence-corrected chi connectivity index (χ2v) is 4.99. The summed E-state index contributed by atoms with van der Waals surface area (Å²) in [6, 6.07) is 10.3. The monoisotopic (exact) mass is 351 g/mol. The highest BCUT2D eigenvalue weighted by Crippen LogP contribution is 2.29. The van der Waals surface area contributed by atoms with Crippen LogP contribution in [0.5, 0.6) is 5.75 Å². The molecule has 0 saturated carbocycles. The molecule has 0 saturated heterocycles. The molecule has 2 aromatic rings. The first kappa shape index (κ1) is 15.2. The summed E-state index contributed by atoms with van der Waals surface area (Å²) >= 11 is 3.29. The summed E-state index contributed by atoms with van der Waals surface area (Å²) in [6.07, 6.45) is 0. The Morgan fingerprint density at radius 2 is 2.19 bits per heavy atom. The molecule has 1 aromatic carbocycles. The average Bonchev–Trinajstić information content (AvgIpc) is 2.46. The van der Waals surface area contributed by atoms with Crippen LogP contribution in [-0.2, 0) is 6.54 Å². The Bertz CT molecular complexity index is 649. The molecule has 0 radical (unpaired) electrons. The molecule has 7 heteroatoms. The highest BCUT2D eigenvalue weighted by Gasteiger charge is 2.15. The van der Waals surface area contributed by atoms with Crippen molar-refractivity contribution in [1.82, 2.24) is 4.98 Å². The van der Waals surface area contributed by atoms with Crippen LogP contribution in [0, 0.1) is 10.1 Å². The predicted octanol–water partition coefficient (Wildman–Crippen LogP) is 3.76. The Balaban J connectivity index is 2.17. The van der Waals surface area contributed by atoms with Gasteiger partial charge >= 0.3 is 0 Å². The molecule has 0 amide bonds. The van der Waals surface area contributed by atoms with Crippen molar-refractivity contribution in [2.24, 2.45) is 0 Å². The molecule has 21 heavy (non-hydrogen) atoms. The van der Waals surface area contributed by atoms with Crippen molar-refractivity contribution < 1.29 is 9.66 Å². The Labute approximate surface area is 130 Å². The Morgan fingerprint density at radius 1 is 1.38 bits per heavy atom. The number of halogens is 1. The number of benzene rings is 1. The Morgan fingerprint density at radius 3 is 2.86 bits per heavy atom. The van der Waals surface area contributed by atoms with E-state index >= 15 is 0 Å². The summed E-state index contributed by atoms with van der Waals surface area (Å²) in [5.74, 6) is 0.482. The van der Waals surface area contributed by atoms with E-state index in [4.69, 9.17) is 4.74 Å². The van der Waals surface area contributed by atoms with Gasteiger partial charge < -0.3 is 10.1 Å². The van der Waals surface area contributed by atoms with E-state index in [1.165, 1.54) is 6.07 Å². The largest absolute Gasteiger partial charge is 0.494 e. The minimum absolute atomic E-state index is 0.0176. The first-order valence-corrected chi connectivity index (χ1v) is 7.16. The third kappa shape index (κ3) is 4.16. The quantitative estimate of drug-likeness (QED) is 0.487. The molecule has 0 aliphatic heterocycles. The van der Waals surface area contributed by atoms with Crippen molar-refractivity contribution in [1.29, 1.82) is 0 Å². The molecule has 1 heterocycles. The molecule has 1 aromatic heterocycles. The van der Waals surface area contributed by atoms with Crippen LogP contribution < -0.4 is 10.1 Å². The molecular weight excluding hydrogens is 338 g/mol. The van der Waals surface area contributed by atoms with Crippen molar-refractivity contribution in [3.63, 3.8) is 0 Å². The van der Waals surface area contributed by atoms with E-state index in [-0.39, 0.29) is 5.69 Å². The number of aromatic nitrogens is 1. The Hall–Kier alpha value is -2.15. The fraction of sp³-hybridized carbons (Fsp3) is 0.214. The number of nitro benzene ring substituents is 1. The van der Waals surface area contributed by atoms with E-state index in [9.17, 15) is 10.1 Å². The van der Waals surface area contributed by atoms with Gasteiger partial charge in [0.05, 0.1) is 29.8 Å². The molecule has 110 valence electrons. The number of hydrogen-bond donors (Lipinski definition) is 1. The maximum atomic E-state index is 11.1. The number of nitrogens with one attached hydrogen (secondary N) is 1. The standard InChI is InChI=1S/C14H14BrN3O3/c1-2-21-11-6-7-12(13(8-11)18(19)20)16-9-10-4-3-5-14(15)17-10/h3-8,16H,2,9H2,1H3. The van der Waals surface area contributed by atoms with E-state index in [1.54, 1.807) is 12.1 Å². The molecule has 0 fully saturated rings.